The van der Waals surface area contributed by atoms with E-state index in [0.29, 0.717) is 10.7 Å². The molecule has 0 N–H and O–H groups in total. The number of hydrogen-bond donors (Lipinski definition) is 0. The van der Waals surface area contributed by atoms with E-state index in [4.69, 9.17) is 25.8 Å². The summed E-state index contributed by atoms with van der Waals surface area (Å²) in [6.45, 7) is 10.7. The van der Waals surface area contributed by atoms with Gasteiger partial charge in [-0.3, -0.25) is 9.80 Å². The molecule has 0 saturated carbocycles. The van der Waals surface area contributed by atoms with Crippen LogP contribution in [-0.2, 0) is 19.0 Å². The molecule has 2 fully saturated rings. The molecular weight excluding hydrogens is 424 g/mol. The van der Waals surface area contributed by atoms with Crippen LogP contribution in [0.5, 0.6) is 0 Å². The van der Waals surface area contributed by atoms with Gasteiger partial charge < -0.3 is 14.2 Å². The third-order valence-electron chi connectivity index (χ3n) is 4.80. The van der Waals surface area contributed by atoms with Gasteiger partial charge in [0.2, 0.25) is 0 Å². The highest BCUT2D eigenvalue weighted by molar-refractivity contribution is 6.30. The first kappa shape index (κ1) is 23.2. The Kier molecular flexibility index (Phi) is 5.90. The zero-order valence-corrected chi connectivity index (χ0v) is 19.5. The third kappa shape index (κ3) is 5.42. The monoisotopic (exact) mass is 452 g/mol. The Morgan fingerprint density at radius 2 is 1.74 bits per heavy atom. The number of esters is 1. The van der Waals surface area contributed by atoms with E-state index in [0.717, 1.165) is 0 Å². The predicted molar refractivity (Wildman–Crippen MR) is 115 cm³/mol. The lowest BCUT2D eigenvalue weighted by molar-refractivity contribution is -0.160. The van der Waals surface area contributed by atoms with Crippen LogP contribution in [0.15, 0.2) is 24.3 Å². The number of hydrogen-bond acceptors (Lipinski definition) is 6. The summed E-state index contributed by atoms with van der Waals surface area (Å²) in [6, 6.07) is 5.93. The number of amides is 2. The average Bonchev–Trinajstić information content (AvgIpc) is 3.12. The van der Waals surface area contributed by atoms with Crippen LogP contribution in [0.3, 0.4) is 0 Å². The van der Waals surface area contributed by atoms with Crippen LogP contribution in [-0.4, -0.2) is 59.0 Å². The Morgan fingerprint density at radius 1 is 1.10 bits per heavy atom. The van der Waals surface area contributed by atoms with E-state index in [2.05, 4.69) is 0 Å². The largest absolute Gasteiger partial charge is 0.458 e. The van der Waals surface area contributed by atoms with Gasteiger partial charge in [0, 0.05) is 17.1 Å². The number of halogens is 1. The topological polar surface area (TPSA) is 85.4 Å². The Morgan fingerprint density at radius 3 is 2.32 bits per heavy atom. The van der Waals surface area contributed by atoms with Crippen LogP contribution in [0.2, 0.25) is 5.02 Å². The third-order valence-corrected chi connectivity index (χ3v) is 5.03. The molecule has 2 aliphatic heterocycles. The lowest BCUT2D eigenvalue weighted by atomic mass is 10.00. The Hall–Kier alpha value is -2.48. The maximum absolute atomic E-state index is 12.9. The first-order chi connectivity index (χ1) is 14.2. The normalized spacial score (nSPS) is 23.8. The first-order valence-electron chi connectivity index (χ1n) is 10.2. The molecule has 1 aromatic rings. The number of nitrogens with zero attached hydrogens (tertiary/aromatic N) is 2. The highest BCUT2D eigenvalue weighted by Crippen LogP contribution is 2.39. The van der Waals surface area contributed by atoms with Crippen molar-refractivity contribution in [3.63, 3.8) is 0 Å². The van der Waals surface area contributed by atoms with Gasteiger partial charge in [-0.15, -0.1) is 0 Å². The van der Waals surface area contributed by atoms with E-state index in [1.807, 2.05) is 0 Å². The van der Waals surface area contributed by atoms with Crippen molar-refractivity contribution in [3.8, 4) is 0 Å². The summed E-state index contributed by atoms with van der Waals surface area (Å²) in [7, 11) is 0. The molecule has 2 aliphatic rings. The van der Waals surface area contributed by atoms with Gasteiger partial charge in [0.15, 0.2) is 5.60 Å². The molecule has 1 aromatic carbocycles. The summed E-state index contributed by atoms with van der Waals surface area (Å²) in [5.74, 6) is -0.563. The standard InChI is InChI=1S/C22H29ClN2O6/c1-20(2,3)29-17(26)16-11-22(13-25(16)19(28)30-21(4,5)6)12-24(18(27)31-22)15-9-7-8-14(23)10-15/h7-10,16H,11-13H2,1-6H3/t16?,22-/m0/s1. The van der Waals surface area contributed by atoms with E-state index in [-0.39, 0.29) is 19.5 Å². The minimum atomic E-state index is -1.06. The molecule has 1 unspecified atom stereocenters. The van der Waals surface area contributed by atoms with Gasteiger partial charge in [0.25, 0.3) is 0 Å². The number of benzene rings is 1. The molecular formula is C22H29ClN2O6. The molecule has 2 saturated heterocycles. The van der Waals surface area contributed by atoms with Crippen molar-refractivity contribution in [3.05, 3.63) is 29.3 Å². The molecule has 3 rings (SSSR count). The van der Waals surface area contributed by atoms with E-state index in [1.165, 1.54) is 9.80 Å². The minimum Gasteiger partial charge on any atom is -0.458 e. The molecule has 0 radical (unpaired) electrons. The number of likely N-dealkylation sites (tertiary alicyclic amines) is 1. The SMILES string of the molecule is CC(C)(C)OC(=O)C1C[C@]2(CN(c3cccc(Cl)c3)C(=O)O2)CN1C(=O)OC(C)(C)C. The number of carbonyl (C=O) groups is 3. The lowest BCUT2D eigenvalue weighted by Crippen LogP contribution is -2.46. The van der Waals surface area contributed by atoms with Gasteiger partial charge in [-0.1, -0.05) is 17.7 Å². The van der Waals surface area contributed by atoms with Crippen LogP contribution < -0.4 is 4.90 Å². The van der Waals surface area contributed by atoms with Gasteiger partial charge in [-0.05, 0) is 59.7 Å². The summed E-state index contributed by atoms with van der Waals surface area (Å²) in [4.78, 5) is 41.2. The fourth-order valence-electron chi connectivity index (χ4n) is 3.69. The summed E-state index contributed by atoms with van der Waals surface area (Å²) < 4.78 is 16.8. The van der Waals surface area contributed by atoms with E-state index < -0.39 is 41.0 Å². The van der Waals surface area contributed by atoms with Crippen LogP contribution in [0.4, 0.5) is 15.3 Å². The lowest BCUT2D eigenvalue weighted by Gasteiger charge is -2.29. The quantitative estimate of drug-likeness (QED) is 0.488. The second-order valence-corrected chi connectivity index (χ2v) is 10.4. The zero-order valence-electron chi connectivity index (χ0n) is 18.7. The van der Waals surface area contributed by atoms with Crippen molar-refractivity contribution in [1.82, 2.24) is 4.90 Å². The summed E-state index contributed by atoms with van der Waals surface area (Å²) in [6.07, 6.45) is -1.10. The fourth-order valence-corrected chi connectivity index (χ4v) is 3.88. The Bertz CT molecular complexity index is 853. The highest BCUT2D eigenvalue weighted by atomic mass is 35.5. The Labute approximate surface area is 187 Å². The van der Waals surface area contributed by atoms with Crippen molar-refractivity contribution < 1.29 is 28.6 Å². The van der Waals surface area contributed by atoms with Crippen LogP contribution >= 0.6 is 11.6 Å². The molecule has 0 bridgehead atoms. The van der Waals surface area contributed by atoms with Crippen LogP contribution in [0, 0.1) is 0 Å². The summed E-state index contributed by atoms with van der Waals surface area (Å²) in [5.41, 5.74) is -1.95. The molecule has 0 aliphatic carbocycles. The summed E-state index contributed by atoms with van der Waals surface area (Å²) >= 11 is 6.07. The molecule has 9 heteroatoms. The molecule has 2 heterocycles. The van der Waals surface area contributed by atoms with Gasteiger partial charge in [-0.2, -0.15) is 0 Å². The van der Waals surface area contributed by atoms with Crippen molar-refractivity contribution in [2.24, 2.45) is 0 Å². The van der Waals surface area contributed by atoms with Gasteiger partial charge in [0.05, 0.1) is 13.1 Å². The number of carbonyl (C=O) groups excluding carboxylic acids is 3. The summed E-state index contributed by atoms with van der Waals surface area (Å²) in [5, 5.41) is 0.486. The molecule has 2 atom stereocenters. The number of ether oxygens (including phenoxy) is 3. The van der Waals surface area contributed by atoms with E-state index >= 15 is 0 Å². The van der Waals surface area contributed by atoms with E-state index in [1.54, 1.807) is 65.8 Å². The minimum absolute atomic E-state index is 0.0224. The molecule has 31 heavy (non-hydrogen) atoms. The first-order valence-corrected chi connectivity index (χ1v) is 10.5. The second-order valence-electron chi connectivity index (χ2n) is 9.98. The van der Waals surface area contributed by atoms with Gasteiger partial charge in [-0.25, -0.2) is 14.4 Å². The van der Waals surface area contributed by atoms with Crippen molar-refractivity contribution in [1.29, 1.82) is 0 Å². The maximum atomic E-state index is 12.9. The van der Waals surface area contributed by atoms with Crippen molar-refractivity contribution in [2.45, 2.75) is 70.8 Å². The van der Waals surface area contributed by atoms with Crippen LogP contribution in [0.25, 0.3) is 0 Å². The van der Waals surface area contributed by atoms with Gasteiger partial charge >= 0.3 is 18.2 Å². The number of anilines is 1. The van der Waals surface area contributed by atoms with Crippen molar-refractivity contribution in [2.75, 3.05) is 18.0 Å². The molecule has 1 spiro atoms. The molecule has 2 amide bonds. The van der Waals surface area contributed by atoms with E-state index in [9.17, 15) is 14.4 Å². The smallest absolute Gasteiger partial charge is 0.415 e. The molecule has 170 valence electrons. The van der Waals surface area contributed by atoms with Crippen LogP contribution in [0.1, 0.15) is 48.0 Å². The van der Waals surface area contributed by atoms with Gasteiger partial charge in [0.1, 0.15) is 17.2 Å². The fraction of sp³-hybridized carbons (Fsp3) is 0.591. The number of rotatable bonds is 2. The highest BCUT2D eigenvalue weighted by Gasteiger charge is 2.58. The second kappa shape index (κ2) is 7.89. The zero-order chi connectivity index (χ0) is 23.2. The predicted octanol–water partition coefficient (Wildman–Crippen LogP) is 4.39. The average molecular weight is 453 g/mol. The van der Waals surface area contributed by atoms with Crippen molar-refractivity contribution >= 4 is 35.4 Å². The molecule has 0 aromatic heterocycles. The maximum Gasteiger partial charge on any atom is 0.415 e. The molecule has 8 nitrogen and oxygen atoms in total. The Balaban J connectivity index is 1.87.